The summed E-state index contributed by atoms with van der Waals surface area (Å²) in [6, 6.07) is 10.6. The second kappa shape index (κ2) is 8.91. The van der Waals surface area contributed by atoms with Crippen molar-refractivity contribution in [2.75, 3.05) is 27.2 Å². The zero-order valence-electron chi connectivity index (χ0n) is 14.8. The van der Waals surface area contributed by atoms with Gasteiger partial charge < -0.3 is 5.32 Å². The third-order valence-electron chi connectivity index (χ3n) is 3.88. The highest BCUT2D eigenvalue weighted by atomic mass is 16.2. The van der Waals surface area contributed by atoms with E-state index in [1.54, 1.807) is 0 Å². The number of nitrogens with one attached hydrogen (secondary N) is 1. The number of amides is 1. The standard InChI is InChI=1S/C18H31N3O/c1-14(2)21(15(3)4)13-12-19-18(22)17(20(5)6)16-10-8-7-9-11-16/h7-11,14-15,17H,12-13H2,1-6H3,(H,19,22). The molecule has 1 amide bonds. The van der Waals surface area contributed by atoms with Crippen molar-refractivity contribution < 1.29 is 4.79 Å². The topological polar surface area (TPSA) is 35.6 Å². The Morgan fingerprint density at radius 1 is 1.05 bits per heavy atom. The highest BCUT2D eigenvalue weighted by Gasteiger charge is 2.22. The van der Waals surface area contributed by atoms with E-state index in [0.717, 1.165) is 12.1 Å². The molecule has 0 spiro atoms. The monoisotopic (exact) mass is 305 g/mol. The van der Waals surface area contributed by atoms with Crippen LogP contribution in [0.15, 0.2) is 30.3 Å². The molecular formula is C18H31N3O. The van der Waals surface area contributed by atoms with Gasteiger partial charge in [0.15, 0.2) is 0 Å². The van der Waals surface area contributed by atoms with E-state index in [2.05, 4.69) is 37.9 Å². The molecule has 0 heterocycles. The number of hydrogen-bond donors (Lipinski definition) is 1. The lowest BCUT2D eigenvalue weighted by Gasteiger charge is -2.31. The van der Waals surface area contributed by atoms with Crippen LogP contribution in [0.25, 0.3) is 0 Å². The first-order valence-electron chi connectivity index (χ1n) is 8.09. The minimum absolute atomic E-state index is 0.0589. The van der Waals surface area contributed by atoms with Crippen molar-refractivity contribution >= 4 is 5.91 Å². The van der Waals surface area contributed by atoms with Crippen LogP contribution in [0.2, 0.25) is 0 Å². The Morgan fingerprint density at radius 3 is 2.05 bits per heavy atom. The van der Waals surface area contributed by atoms with E-state index in [9.17, 15) is 4.79 Å². The van der Waals surface area contributed by atoms with Gasteiger partial charge in [-0.15, -0.1) is 0 Å². The van der Waals surface area contributed by atoms with E-state index in [0.29, 0.717) is 18.6 Å². The minimum Gasteiger partial charge on any atom is -0.353 e. The van der Waals surface area contributed by atoms with Crippen LogP contribution < -0.4 is 5.32 Å². The molecular weight excluding hydrogens is 274 g/mol. The van der Waals surface area contributed by atoms with E-state index in [4.69, 9.17) is 0 Å². The predicted molar refractivity (Wildman–Crippen MR) is 92.9 cm³/mol. The normalized spacial score (nSPS) is 13.2. The summed E-state index contributed by atoms with van der Waals surface area (Å²) in [5, 5.41) is 3.08. The van der Waals surface area contributed by atoms with Crippen molar-refractivity contribution in [1.29, 1.82) is 0 Å². The third-order valence-corrected chi connectivity index (χ3v) is 3.88. The molecule has 1 aromatic rings. The fourth-order valence-electron chi connectivity index (χ4n) is 2.84. The first-order valence-corrected chi connectivity index (χ1v) is 8.09. The third kappa shape index (κ3) is 5.43. The summed E-state index contributed by atoms with van der Waals surface area (Å²) in [5.41, 5.74) is 1.02. The van der Waals surface area contributed by atoms with Gasteiger partial charge in [-0.1, -0.05) is 30.3 Å². The summed E-state index contributed by atoms with van der Waals surface area (Å²) in [4.78, 5) is 16.9. The molecule has 4 nitrogen and oxygen atoms in total. The molecule has 0 saturated carbocycles. The van der Waals surface area contributed by atoms with Gasteiger partial charge in [0.2, 0.25) is 5.91 Å². The van der Waals surface area contributed by atoms with Gasteiger partial charge in [0.25, 0.3) is 0 Å². The molecule has 4 heteroatoms. The lowest BCUT2D eigenvalue weighted by atomic mass is 10.1. The van der Waals surface area contributed by atoms with Crippen LogP contribution in [-0.4, -0.2) is 55.0 Å². The van der Waals surface area contributed by atoms with Crippen molar-refractivity contribution in [3.8, 4) is 0 Å². The van der Waals surface area contributed by atoms with Crippen LogP contribution in [0.3, 0.4) is 0 Å². The predicted octanol–water partition coefficient (Wildman–Crippen LogP) is 2.52. The number of carbonyl (C=O) groups excluding carboxylic acids is 1. The van der Waals surface area contributed by atoms with Gasteiger partial charge >= 0.3 is 0 Å². The smallest absolute Gasteiger partial charge is 0.241 e. The van der Waals surface area contributed by atoms with E-state index in [1.165, 1.54) is 0 Å². The van der Waals surface area contributed by atoms with Crippen LogP contribution in [0.1, 0.15) is 39.3 Å². The second-order valence-corrected chi connectivity index (χ2v) is 6.49. The highest BCUT2D eigenvalue weighted by Crippen LogP contribution is 2.17. The average Bonchev–Trinajstić information content (AvgIpc) is 2.43. The number of likely N-dealkylation sites (N-methyl/N-ethyl adjacent to an activating group) is 1. The largest absolute Gasteiger partial charge is 0.353 e. The Kier molecular flexibility index (Phi) is 7.56. The lowest BCUT2D eigenvalue weighted by molar-refractivity contribution is -0.125. The Bertz CT molecular complexity index is 435. The molecule has 1 N–H and O–H groups in total. The summed E-state index contributed by atoms with van der Waals surface area (Å²) in [5.74, 6) is 0.0589. The molecule has 0 radical (unpaired) electrons. The number of rotatable bonds is 8. The molecule has 0 bridgehead atoms. The van der Waals surface area contributed by atoms with E-state index >= 15 is 0 Å². The highest BCUT2D eigenvalue weighted by molar-refractivity contribution is 5.83. The maximum atomic E-state index is 12.5. The molecule has 1 rings (SSSR count). The van der Waals surface area contributed by atoms with Gasteiger partial charge in [0.1, 0.15) is 6.04 Å². The fraction of sp³-hybridized carbons (Fsp3) is 0.611. The fourth-order valence-corrected chi connectivity index (χ4v) is 2.84. The minimum atomic E-state index is -0.243. The molecule has 1 unspecified atom stereocenters. The molecule has 1 atom stereocenters. The lowest BCUT2D eigenvalue weighted by Crippen LogP contribution is -2.44. The summed E-state index contributed by atoms with van der Waals surface area (Å²) in [6.07, 6.45) is 0. The Labute approximate surface area is 135 Å². The van der Waals surface area contributed by atoms with Crippen molar-refractivity contribution in [2.45, 2.75) is 45.8 Å². The van der Waals surface area contributed by atoms with Crippen LogP contribution in [0.5, 0.6) is 0 Å². The zero-order chi connectivity index (χ0) is 16.7. The van der Waals surface area contributed by atoms with Gasteiger partial charge in [-0.2, -0.15) is 0 Å². The van der Waals surface area contributed by atoms with E-state index in [1.807, 2.05) is 49.3 Å². The summed E-state index contributed by atoms with van der Waals surface area (Å²) < 4.78 is 0. The second-order valence-electron chi connectivity index (χ2n) is 6.49. The molecule has 0 saturated heterocycles. The van der Waals surface area contributed by atoms with Crippen LogP contribution in [-0.2, 0) is 4.79 Å². The van der Waals surface area contributed by atoms with Crippen LogP contribution in [0, 0.1) is 0 Å². The van der Waals surface area contributed by atoms with Crippen LogP contribution >= 0.6 is 0 Å². The first-order chi connectivity index (χ1) is 10.3. The maximum Gasteiger partial charge on any atom is 0.241 e. The Balaban J connectivity index is 2.62. The quantitative estimate of drug-likeness (QED) is 0.801. The molecule has 0 aliphatic rings. The summed E-state index contributed by atoms with van der Waals surface area (Å²) in [6.45, 7) is 10.3. The van der Waals surface area contributed by atoms with Gasteiger partial charge in [0, 0.05) is 25.2 Å². The molecule has 0 aromatic heterocycles. The SMILES string of the molecule is CC(C)N(CCNC(=O)C(c1ccccc1)N(C)C)C(C)C. The number of nitrogens with zero attached hydrogens (tertiary/aromatic N) is 2. The van der Waals surface area contributed by atoms with Crippen molar-refractivity contribution in [1.82, 2.24) is 15.1 Å². The van der Waals surface area contributed by atoms with E-state index < -0.39 is 0 Å². The van der Waals surface area contributed by atoms with Gasteiger partial charge in [-0.3, -0.25) is 14.6 Å². The summed E-state index contributed by atoms with van der Waals surface area (Å²) >= 11 is 0. The number of benzene rings is 1. The van der Waals surface area contributed by atoms with Gasteiger partial charge in [0.05, 0.1) is 0 Å². The Morgan fingerprint density at radius 2 is 1.59 bits per heavy atom. The van der Waals surface area contributed by atoms with Crippen molar-refractivity contribution in [3.05, 3.63) is 35.9 Å². The van der Waals surface area contributed by atoms with Crippen molar-refractivity contribution in [2.24, 2.45) is 0 Å². The number of carbonyl (C=O) groups is 1. The molecule has 124 valence electrons. The van der Waals surface area contributed by atoms with Crippen molar-refractivity contribution in [3.63, 3.8) is 0 Å². The number of hydrogen-bond acceptors (Lipinski definition) is 3. The zero-order valence-corrected chi connectivity index (χ0v) is 14.8. The molecule has 0 aliphatic heterocycles. The van der Waals surface area contributed by atoms with Gasteiger partial charge in [-0.25, -0.2) is 0 Å². The first kappa shape index (κ1) is 18.7. The van der Waals surface area contributed by atoms with E-state index in [-0.39, 0.29) is 11.9 Å². The molecule has 0 fully saturated rings. The molecule has 22 heavy (non-hydrogen) atoms. The Hall–Kier alpha value is -1.39. The average molecular weight is 305 g/mol. The van der Waals surface area contributed by atoms with Crippen LogP contribution in [0.4, 0.5) is 0 Å². The maximum absolute atomic E-state index is 12.5. The van der Waals surface area contributed by atoms with Gasteiger partial charge in [-0.05, 0) is 47.4 Å². The summed E-state index contributed by atoms with van der Waals surface area (Å²) in [7, 11) is 3.87. The molecule has 1 aromatic carbocycles. The molecule has 0 aliphatic carbocycles.